The molecule has 0 saturated heterocycles. The number of ether oxygens (including phenoxy) is 3. The van der Waals surface area contributed by atoms with Gasteiger partial charge in [0.2, 0.25) is 0 Å². The first-order chi connectivity index (χ1) is 12.7. The molecular formula is C20H26N2O4. The number of carbonyl (C=O) groups is 1. The lowest BCUT2D eigenvalue weighted by Gasteiger charge is -2.11. The van der Waals surface area contributed by atoms with Gasteiger partial charge in [-0.2, -0.15) is 0 Å². The lowest BCUT2D eigenvalue weighted by Crippen LogP contribution is -2.28. The summed E-state index contributed by atoms with van der Waals surface area (Å²) in [6.45, 7) is 4.63. The molecule has 0 aliphatic rings. The smallest absolute Gasteiger partial charge is 0.319 e. The van der Waals surface area contributed by atoms with Crippen molar-refractivity contribution in [2.24, 2.45) is 0 Å². The summed E-state index contributed by atoms with van der Waals surface area (Å²) in [6.07, 6.45) is 0. The molecule has 0 aliphatic carbocycles. The molecule has 0 spiro atoms. The second-order valence-corrected chi connectivity index (χ2v) is 5.57. The van der Waals surface area contributed by atoms with Crippen LogP contribution in [-0.2, 0) is 22.6 Å². The average molecular weight is 358 g/mol. The predicted octanol–water partition coefficient (Wildman–Crippen LogP) is 3.57. The maximum absolute atomic E-state index is 12.1. The number of carbonyl (C=O) groups excluding carboxylic acids is 1. The quantitative estimate of drug-likeness (QED) is 0.637. The van der Waals surface area contributed by atoms with Crippen molar-refractivity contribution in [1.29, 1.82) is 0 Å². The number of hydrogen-bond acceptors (Lipinski definition) is 4. The third-order valence-electron chi connectivity index (χ3n) is 3.66. The highest BCUT2D eigenvalue weighted by molar-refractivity contribution is 5.89. The van der Waals surface area contributed by atoms with Crippen LogP contribution in [0.25, 0.3) is 0 Å². The molecule has 2 rings (SSSR count). The predicted molar refractivity (Wildman–Crippen MR) is 101 cm³/mol. The number of benzene rings is 2. The monoisotopic (exact) mass is 358 g/mol. The van der Waals surface area contributed by atoms with Crippen molar-refractivity contribution in [2.45, 2.75) is 20.1 Å². The molecule has 2 aromatic carbocycles. The van der Waals surface area contributed by atoms with Crippen LogP contribution in [0.3, 0.4) is 0 Å². The van der Waals surface area contributed by atoms with E-state index < -0.39 is 0 Å². The van der Waals surface area contributed by atoms with Crippen molar-refractivity contribution in [3.8, 4) is 5.75 Å². The van der Waals surface area contributed by atoms with Gasteiger partial charge in [0.25, 0.3) is 0 Å². The highest BCUT2D eigenvalue weighted by Gasteiger charge is 2.06. The van der Waals surface area contributed by atoms with Crippen molar-refractivity contribution < 1.29 is 19.0 Å². The van der Waals surface area contributed by atoms with Gasteiger partial charge in [0.1, 0.15) is 5.75 Å². The lowest BCUT2D eigenvalue weighted by molar-refractivity contribution is 0.0453. The van der Waals surface area contributed by atoms with E-state index in [1.54, 1.807) is 7.11 Å². The molecule has 0 aromatic heterocycles. The molecule has 0 unspecified atom stereocenters. The maximum atomic E-state index is 12.1. The Hall–Kier alpha value is -2.57. The van der Waals surface area contributed by atoms with E-state index in [2.05, 4.69) is 10.6 Å². The molecule has 0 radical (unpaired) electrons. The number of nitrogens with one attached hydrogen (secondary N) is 2. The Labute approximate surface area is 154 Å². The van der Waals surface area contributed by atoms with Gasteiger partial charge >= 0.3 is 6.03 Å². The van der Waals surface area contributed by atoms with E-state index in [9.17, 15) is 4.79 Å². The van der Waals surface area contributed by atoms with Gasteiger partial charge in [-0.1, -0.05) is 30.3 Å². The van der Waals surface area contributed by atoms with E-state index in [1.807, 2.05) is 55.5 Å². The second-order valence-electron chi connectivity index (χ2n) is 5.57. The second kappa shape index (κ2) is 11.1. The first kappa shape index (κ1) is 19.8. The topological polar surface area (TPSA) is 68.8 Å². The molecule has 0 saturated carbocycles. The molecule has 6 heteroatoms. The number of urea groups is 1. The summed E-state index contributed by atoms with van der Waals surface area (Å²) in [5, 5.41) is 5.66. The van der Waals surface area contributed by atoms with E-state index in [4.69, 9.17) is 14.2 Å². The van der Waals surface area contributed by atoms with Gasteiger partial charge in [-0.05, 0) is 30.7 Å². The van der Waals surface area contributed by atoms with E-state index >= 15 is 0 Å². The Balaban J connectivity index is 1.80. The van der Waals surface area contributed by atoms with Crippen molar-refractivity contribution >= 4 is 11.7 Å². The molecule has 140 valence electrons. The first-order valence-electron chi connectivity index (χ1n) is 8.64. The summed E-state index contributed by atoms with van der Waals surface area (Å²) < 4.78 is 16.1. The lowest BCUT2D eigenvalue weighted by atomic mass is 10.2. The zero-order valence-electron chi connectivity index (χ0n) is 15.3. The Morgan fingerprint density at radius 2 is 1.85 bits per heavy atom. The molecule has 0 bridgehead atoms. The zero-order chi connectivity index (χ0) is 18.6. The fourth-order valence-electron chi connectivity index (χ4n) is 2.39. The van der Waals surface area contributed by atoms with Gasteiger partial charge in [-0.25, -0.2) is 4.79 Å². The van der Waals surface area contributed by atoms with Crippen LogP contribution in [-0.4, -0.2) is 33.0 Å². The molecule has 0 fully saturated rings. The van der Waals surface area contributed by atoms with Gasteiger partial charge in [-0.15, -0.1) is 0 Å². The molecular weight excluding hydrogens is 332 g/mol. The Morgan fingerprint density at radius 1 is 1.04 bits per heavy atom. The van der Waals surface area contributed by atoms with Crippen molar-refractivity contribution in [2.75, 3.05) is 32.2 Å². The summed E-state index contributed by atoms with van der Waals surface area (Å²) in [4.78, 5) is 12.1. The molecule has 0 atom stereocenters. The normalized spacial score (nSPS) is 10.4. The van der Waals surface area contributed by atoms with Crippen LogP contribution in [0.1, 0.15) is 18.1 Å². The van der Waals surface area contributed by atoms with Gasteiger partial charge in [0.05, 0.1) is 26.9 Å². The van der Waals surface area contributed by atoms with Gasteiger partial charge in [0.15, 0.2) is 0 Å². The molecule has 0 heterocycles. The van der Waals surface area contributed by atoms with Crippen LogP contribution in [0.4, 0.5) is 10.5 Å². The van der Waals surface area contributed by atoms with Gasteiger partial charge in [0, 0.05) is 24.4 Å². The minimum atomic E-state index is -0.273. The molecule has 0 aliphatic heterocycles. The number of methoxy groups -OCH3 is 1. The van der Waals surface area contributed by atoms with E-state index in [0.717, 1.165) is 16.9 Å². The maximum Gasteiger partial charge on any atom is 0.319 e. The number of anilines is 1. The third kappa shape index (κ3) is 6.74. The molecule has 6 nitrogen and oxygen atoms in total. The summed E-state index contributed by atoms with van der Waals surface area (Å²) >= 11 is 0. The van der Waals surface area contributed by atoms with Crippen molar-refractivity contribution in [3.05, 3.63) is 59.7 Å². The summed E-state index contributed by atoms with van der Waals surface area (Å²) in [6, 6.07) is 14.9. The van der Waals surface area contributed by atoms with Gasteiger partial charge in [-0.3, -0.25) is 0 Å². The Morgan fingerprint density at radius 3 is 2.65 bits per heavy atom. The average Bonchev–Trinajstić information content (AvgIpc) is 2.67. The van der Waals surface area contributed by atoms with Crippen LogP contribution in [0.15, 0.2) is 48.5 Å². The minimum absolute atomic E-state index is 0.273. The number of amides is 2. The molecule has 2 amide bonds. The van der Waals surface area contributed by atoms with Crippen LogP contribution < -0.4 is 15.4 Å². The zero-order valence-corrected chi connectivity index (χ0v) is 15.3. The van der Waals surface area contributed by atoms with E-state index in [1.165, 1.54) is 0 Å². The van der Waals surface area contributed by atoms with Crippen molar-refractivity contribution in [1.82, 2.24) is 5.32 Å². The molecule has 2 N–H and O–H groups in total. The Bertz CT molecular complexity index is 691. The van der Waals surface area contributed by atoms with Crippen LogP contribution in [0.2, 0.25) is 0 Å². The van der Waals surface area contributed by atoms with Crippen molar-refractivity contribution in [3.63, 3.8) is 0 Å². The van der Waals surface area contributed by atoms with E-state index in [0.29, 0.717) is 38.7 Å². The third-order valence-corrected chi connectivity index (χ3v) is 3.66. The van der Waals surface area contributed by atoms with Gasteiger partial charge < -0.3 is 24.8 Å². The standard InChI is InChI=1S/C20H26N2O4/c1-3-25-11-12-26-15-16-7-6-9-18(13-16)22-20(23)21-14-17-8-4-5-10-19(17)24-2/h4-10,13H,3,11-12,14-15H2,1-2H3,(H2,21,22,23). The summed E-state index contributed by atoms with van der Waals surface area (Å²) in [5.41, 5.74) is 2.62. The largest absolute Gasteiger partial charge is 0.496 e. The van der Waals surface area contributed by atoms with E-state index in [-0.39, 0.29) is 6.03 Å². The number of hydrogen-bond donors (Lipinski definition) is 2. The molecule has 26 heavy (non-hydrogen) atoms. The summed E-state index contributed by atoms with van der Waals surface area (Å²) in [7, 11) is 1.61. The fraction of sp³-hybridized carbons (Fsp3) is 0.350. The fourth-order valence-corrected chi connectivity index (χ4v) is 2.39. The van der Waals surface area contributed by atoms with Crippen LogP contribution in [0, 0.1) is 0 Å². The SMILES string of the molecule is CCOCCOCc1cccc(NC(=O)NCc2ccccc2OC)c1. The first-order valence-corrected chi connectivity index (χ1v) is 8.64. The van der Waals surface area contributed by atoms with Crippen LogP contribution >= 0.6 is 0 Å². The molecule has 2 aromatic rings. The minimum Gasteiger partial charge on any atom is -0.496 e. The highest BCUT2D eigenvalue weighted by Crippen LogP contribution is 2.17. The number of rotatable bonds is 10. The Kier molecular flexibility index (Phi) is 8.45. The summed E-state index contributed by atoms with van der Waals surface area (Å²) in [5.74, 6) is 0.749. The number of para-hydroxylation sites is 1. The highest BCUT2D eigenvalue weighted by atomic mass is 16.5. The van der Waals surface area contributed by atoms with Crippen LogP contribution in [0.5, 0.6) is 5.75 Å².